The summed E-state index contributed by atoms with van der Waals surface area (Å²) in [6, 6.07) is 11.2. The zero-order chi connectivity index (χ0) is 20.7. The molecule has 0 aliphatic carbocycles. The Morgan fingerprint density at radius 1 is 1.00 bits per heavy atom. The van der Waals surface area contributed by atoms with E-state index in [0.29, 0.717) is 11.3 Å². The van der Waals surface area contributed by atoms with Crippen LogP contribution in [0.3, 0.4) is 0 Å². The lowest BCUT2D eigenvalue weighted by atomic mass is 9.95. The zero-order valence-corrected chi connectivity index (χ0v) is 15.7. The van der Waals surface area contributed by atoms with E-state index < -0.39 is 23.8 Å². The van der Waals surface area contributed by atoms with E-state index in [0.717, 1.165) is 0 Å². The number of nitrogens with one attached hydrogen (secondary N) is 1. The van der Waals surface area contributed by atoms with E-state index in [-0.39, 0.29) is 23.4 Å². The molecule has 0 fully saturated rings. The van der Waals surface area contributed by atoms with Crippen molar-refractivity contribution in [1.29, 1.82) is 0 Å². The second-order valence-corrected chi connectivity index (χ2v) is 5.80. The number of hydrogen-bond acceptors (Lipinski definition) is 6. The van der Waals surface area contributed by atoms with Crippen molar-refractivity contribution in [2.45, 2.75) is 12.3 Å². The molecule has 0 bridgehead atoms. The van der Waals surface area contributed by atoms with Gasteiger partial charge in [0.15, 0.2) is 11.5 Å². The van der Waals surface area contributed by atoms with E-state index in [9.17, 15) is 19.5 Å². The number of anilines is 1. The lowest BCUT2D eigenvalue weighted by Crippen LogP contribution is -2.22. The number of carbonyl (C=O) groups is 3. The van der Waals surface area contributed by atoms with Crippen molar-refractivity contribution in [2.24, 2.45) is 0 Å². The highest BCUT2D eigenvalue weighted by Crippen LogP contribution is 2.34. The summed E-state index contributed by atoms with van der Waals surface area (Å²) in [5.41, 5.74) is 0.692. The minimum absolute atomic E-state index is 0.0556. The van der Waals surface area contributed by atoms with Crippen molar-refractivity contribution >= 4 is 23.5 Å². The predicted octanol–water partition coefficient (Wildman–Crippen LogP) is 2.69. The van der Waals surface area contributed by atoms with Crippen molar-refractivity contribution in [3.05, 3.63) is 53.6 Å². The second-order valence-electron chi connectivity index (χ2n) is 5.80. The third-order valence-corrected chi connectivity index (χ3v) is 4.09. The van der Waals surface area contributed by atoms with Crippen LogP contribution in [0, 0.1) is 0 Å². The van der Waals surface area contributed by atoms with Crippen LogP contribution in [-0.4, -0.2) is 44.3 Å². The summed E-state index contributed by atoms with van der Waals surface area (Å²) in [4.78, 5) is 36.2. The maximum Gasteiger partial charge on any atom is 0.340 e. The summed E-state index contributed by atoms with van der Waals surface area (Å²) in [6.07, 6.45) is -0.311. The topological polar surface area (TPSA) is 111 Å². The van der Waals surface area contributed by atoms with Crippen LogP contribution in [0.1, 0.15) is 28.3 Å². The van der Waals surface area contributed by atoms with Gasteiger partial charge in [0.25, 0.3) is 0 Å². The number of ether oxygens (including phenoxy) is 3. The Labute approximate surface area is 162 Å². The van der Waals surface area contributed by atoms with Crippen LogP contribution in [0.4, 0.5) is 5.69 Å². The van der Waals surface area contributed by atoms with E-state index in [1.54, 1.807) is 30.3 Å². The molecule has 2 rings (SSSR count). The molecule has 2 aromatic rings. The lowest BCUT2D eigenvalue weighted by molar-refractivity contribution is -0.140. The molecule has 0 heterocycles. The minimum atomic E-state index is -1.12. The van der Waals surface area contributed by atoms with Crippen LogP contribution in [0.5, 0.6) is 11.5 Å². The first-order chi connectivity index (χ1) is 13.4. The molecule has 0 saturated heterocycles. The van der Waals surface area contributed by atoms with E-state index in [4.69, 9.17) is 14.2 Å². The number of methoxy groups -OCH3 is 3. The summed E-state index contributed by atoms with van der Waals surface area (Å²) >= 11 is 0. The van der Waals surface area contributed by atoms with E-state index in [1.807, 2.05) is 0 Å². The molecule has 1 atom stereocenters. The fourth-order valence-corrected chi connectivity index (χ4v) is 2.68. The lowest BCUT2D eigenvalue weighted by Gasteiger charge is -2.16. The summed E-state index contributed by atoms with van der Waals surface area (Å²) in [7, 11) is 4.03. The first-order valence-corrected chi connectivity index (χ1v) is 8.33. The van der Waals surface area contributed by atoms with Gasteiger partial charge in [-0.25, -0.2) is 4.79 Å². The smallest absolute Gasteiger partial charge is 0.340 e. The highest BCUT2D eigenvalue weighted by molar-refractivity contribution is 6.03. The van der Waals surface area contributed by atoms with Gasteiger partial charge in [-0.1, -0.05) is 30.3 Å². The predicted molar refractivity (Wildman–Crippen MR) is 101 cm³/mol. The molecule has 0 radical (unpaired) electrons. The van der Waals surface area contributed by atoms with Crippen LogP contribution < -0.4 is 14.8 Å². The Kier molecular flexibility index (Phi) is 6.97. The standard InChI is InChI=1S/C20H21NO7/c1-26-16-9-14(20(25)28-3)15(11-17(16)27-2)21-18(22)10-13(19(23)24)12-7-5-4-6-8-12/h4-9,11,13H,10H2,1-3H3,(H,21,22)(H,23,24)/t13-/m1/s1. The first-order valence-electron chi connectivity index (χ1n) is 8.33. The average molecular weight is 387 g/mol. The van der Waals surface area contributed by atoms with Crippen LogP contribution in [0.2, 0.25) is 0 Å². The maximum atomic E-state index is 12.5. The monoisotopic (exact) mass is 387 g/mol. The number of carbonyl (C=O) groups excluding carboxylic acids is 2. The van der Waals surface area contributed by atoms with Gasteiger partial charge in [0, 0.05) is 18.6 Å². The van der Waals surface area contributed by atoms with E-state index in [1.165, 1.54) is 33.5 Å². The number of aliphatic carboxylic acids is 1. The molecule has 1 amide bonds. The third-order valence-electron chi connectivity index (χ3n) is 4.09. The summed E-state index contributed by atoms with van der Waals surface area (Å²) in [5.74, 6) is -2.83. The van der Waals surface area contributed by atoms with Crippen LogP contribution >= 0.6 is 0 Å². The molecule has 0 aliphatic rings. The number of carboxylic acid groups (broad SMARTS) is 1. The number of esters is 1. The second kappa shape index (κ2) is 9.40. The van der Waals surface area contributed by atoms with E-state index >= 15 is 0 Å². The summed E-state index contributed by atoms with van der Waals surface area (Å²) in [6.45, 7) is 0. The third kappa shape index (κ3) is 4.79. The van der Waals surface area contributed by atoms with Gasteiger partial charge in [-0.2, -0.15) is 0 Å². The molecule has 0 spiro atoms. The molecular formula is C20H21NO7. The molecule has 0 aliphatic heterocycles. The van der Waals surface area contributed by atoms with Gasteiger partial charge >= 0.3 is 11.9 Å². The highest BCUT2D eigenvalue weighted by atomic mass is 16.5. The minimum Gasteiger partial charge on any atom is -0.493 e. The Balaban J connectivity index is 2.31. The molecule has 0 unspecified atom stereocenters. The van der Waals surface area contributed by atoms with Crippen molar-refractivity contribution in [2.75, 3.05) is 26.6 Å². The number of hydrogen-bond donors (Lipinski definition) is 2. The Bertz CT molecular complexity index is 864. The quantitative estimate of drug-likeness (QED) is 0.670. The molecular weight excluding hydrogens is 366 g/mol. The van der Waals surface area contributed by atoms with Crippen LogP contribution in [0.25, 0.3) is 0 Å². The fraction of sp³-hybridized carbons (Fsp3) is 0.250. The van der Waals surface area contributed by atoms with Crippen LogP contribution in [-0.2, 0) is 14.3 Å². The molecule has 148 valence electrons. The van der Waals surface area contributed by atoms with Crippen molar-refractivity contribution < 1.29 is 33.7 Å². The largest absolute Gasteiger partial charge is 0.493 e. The zero-order valence-electron chi connectivity index (χ0n) is 15.7. The number of benzene rings is 2. The Morgan fingerprint density at radius 2 is 1.61 bits per heavy atom. The molecule has 2 N–H and O–H groups in total. The fourth-order valence-electron chi connectivity index (χ4n) is 2.68. The van der Waals surface area contributed by atoms with Gasteiger partial charge in [-0.15, -0.1) is 0 Å². The van der Waals surface area contributed by atoms with E-state index in [2.05, 4.69) is 5.32 Å². The molecule has 8 heteroatoms. The van der Waals surface area contributed by atoms with Gasteiger partial charge in [0.05, 0.1) is 38.5 Å². The molecule has 2 aromatic carbocycles. The number of amides is 1. The Hall–Kier alpha value is -3.55. The SMILES string of the molecule is COC(=O)c1cc(OC)c(OC)cc1NC(=O)C[C@@H](C(=O)O)c1ccccc1. The van der Waals surface area contributed by atoms with Crippen molar-refractivity contribution in [3.8, 4) is 11.5 Å². The molecule has 28 heavy (non-hydrogen) atoms. The summed E-state index contributed by atoms with van der Waals surface area (Å²) in [5, 5.41) is 12.1. The average Bonchev–Trinajstić information content (AvgIpc) is 2.71. The van der Waals surface area contributed by atoms with Gasteiger partial charge in [0.2, 0.25) is 5.91 Å². The Morgan fingerprint density at radius 3 is 2.14 bits per heavy atom. The normalized spacial score (nSPS) is 11.2. The maximum absolute atomic E-state index is 12.5. The van der Waals surface area contributed by atoms with Crippen molar-refractivity contribution in [1.82, 2.24) is 0 Å². The number of carboxylic acids is 1. The number of rotatable bonds is 8. The van der Waals surface area contributed by atoms with Crippen molar-refractivity contribution in [3.63, 3.8) is 0 Å². The first kappa shape index (κ1) is 20.8. The van der Waals surface area contributed by atoms with Gasteiger partial charge in [-0.05, 0) is 5.56 Å². The molecule has 0 saturated carbocycles. The van der Waals surface area contributed by atoms with Crippen LogP contribution in [0.15, 0.2) is 42.5 Å². The molecule has 0 aromatic heterocycles. The summed E-state index contributed by atoms with van der Waals surface area (Å²) < 4.78 is 15.1. The molecule has 8 nitrogen and oxygen atoms in total. The van der Waals surface area contributed by atoms with Gasteiger partial charge in [-0.3, -0.25) is 9.59 Å². The van der Waals surface area contributed by atoms with Gasteiger partial charge in [0.1, 0.15) is 0 Å². The highest BCUT2D eigenvalue weighted by Gasteiger charge is 2.25. The van der Waals surface area contributed by atoms with Gasteiger partial charge < -0.3 is 24.6 Å².